The van der Waals surface area contributed by atoms with Crippen molar-refractivity contribution in [1.29, 1.82) is 0 Å². The fraction of sp³-hybridized carbons (Fsp3) is 1.00. The molecule has 3 aliphatic heterocycles. The molecule has 0 amide bonds. The summed E-state index contributed by atoms with van der Waals surface area (Å²) in [5, 5.41) is 0. The Hall–Kier alpha value is -0.0800. The van der Waals surface area contributed by atoms with E-state index in [1.807, 2.05) is 0 Å². The van der Waals surface area contributed by atoms with Crippen molar-refractivity contribution in [2.45, 2.75) is 89.4 Å². The van der Waals surface area contributed by atoms with Crippen LogP contribution in [0.4, 0.5) is 0 Å². The molecule has 0 aliphatic carbocycles. The molecule has 3 aliphatic rings. The summed E-state index contributed by atoms with van der Waals surface area (Å²) in [5.41, 5.74) is 0. The van der Waals surface area contributed by atoms with Gasteiger partial charge in [0.15, 0.2) is 0 Å². The summed E-state index contributed by atoms with van der Waals surface area (Å²) in [6.45, 7) is 5.08. The topological polar surface area (TPSA) is 6.48 Å². The van der Waals surface area contributed by atoms with Crippen molar-refractivity contribution >= 4 is 0 Å². The average molecular weight is 250 g/mol. The van der Waals surface area contributed by atoms with Crippen LogP contribution in [0, 0.1) is 0 Å². The second-order valence-electron chi connectivity index (χ2n) is 6.63. The van der Waals surface area contributed by atoms with E-state index < -0.39 is 0 Å². The molecule has 0 aromatic rings. The Kier molecular flexibility index (Phi) is 4.25. The van der Waals surface area contributed by atoms with E-state index in [1.165, 1.54) is 77.3 Å². The van der Waals surface area contributed by atoms with Crippen molar-refractivity contribution in [3.8, 4) is 0 Å². The summed E-state index contributed by atoms with van der Waals surface area (Å²) < 4.78 is 0. The molecule has 104 valence electrons. The Bertz CT molecular complexity index is 266. The molecule has 18 heavy (non-hydrogen) atoms. The van der Waals surface area contributed by atoms with E-state index >= 15 is 0 Å². The van der Waals surface area contributed by atoms with Gasteiger partial charge in [-0.15, -0.1) is 0 Å². The minimum atomic E-state index is 0.829. The molecule has 0 aromatic carbocycles. The fourth-order valence-corrected chi connectivity index (χ4v) is 4.58. The SMILES string of the molecule is CCCCCC1CC2CCCCN2C2CCCN12. The van der Waals surface area contributed by atoms with Gasteiger partial charge in [-0.25, -0.2) is 0 Å². The van der Waals surface area contributed by atoms with Crippen LogP contribution in [-0.4, -0.2) is 41.1 Å². The van der Waals surface area contributed by atoms with E-state index in [4.69, 9.17) is 0 Å². The minimum absolute atomic E-state index is 0.829. The van der Waals surface area contributed by atoms with E-state index in [9.17, 15) is 0 Å². The highest BCUT2D eigenvalue weighted by atomic mass is 15.4. The van der Waals surface area contributed by atoms with Crippen LogP contribution in [0.1, 0.15) is 71.1 Å². The Balaban J connectivity index is 1.64. The predicted octanol–water partition coefficient (Wildman–Crippen LogP) is 3.62. The third-order valence-electron chi connectivity index (χ3n) is 5.47. The number of fused-ring (bicyclic) bond motifs is 3. The summed E-state index contributed by atoms with van der Waals surface area (Å²) in [7, 11) is 0. The molecule has 0 bridgehead atoms. The molecule has 3 heterocycles. The second kappa shape index (κ2) is 5.92. The maximum atomic E-state index is 2.87. The Morgan fingerprint density at radius 1 is 0.944 bits per heavy atom. The number of piperidine rings is 1. The first-order chi connectivity index (χ1) is 8.90. The Morgan fingerprint density at radius 3 is 2.72 bits per heavy atom. The zero-order valence-electron chi connectivity index (χ0n) is 12.1. The molecule has 3 atom stereocenters. The lowest BCUT2D eigenvalue weighted by Gasteiger charge is -2.51. The highest BCUT2D eigenvalue weighted by Gasteiger charge is 2.43. The molecule has 3 saturated heterocycles. The van der Waals surface area contributed by atoms with Gasteiger partial charge in [0.05, 0.1) is 6.17 Å². The number of hydrogen-bond acceptors (Lipinski definition) is 2. The van der Waals surface area contributed by atoms with Crippen molar-refractivity contribution < 1.29 is 0 Å². The van der Waals surface area contributed by atoms with Gasteiger partial charge in [-0.2, -0.15) is 0 Å². The van der Waals surface area contributed by atoms with Crippen molar-refractivity contribution in [2.75, 3.05) is 13.1 Å². The van der Waals surface area contributed by atoms with Crippen LogP contribution in [0.2, 0.25) is 0 Å². The lowest BCUT2D eigenvalue weighted by molar-refractivity contribution is -0.0611. The molecule has 0 saturated carbocycles. The molecule has 0 spiro atoms. The molecule has 3 fully saturated rings. The first kappa shape index (κ1) is 12.9. The average Bonchev–Trinajstić information content (AvgIpc) is 2.89. The third-order valence-corrected chi connectivity index (χ3v) is 5.47. The van der Waals surface area contributed by atoms with Crippen LogP contribution in [0.15, 0.2) is 0 Å². The van der Waals surface area contributed by atoms with Gasteiger partial charge >= 0.3 is 0 Å². The zero-order valence-corrected chi connectivity index (χ0v) is 12.1. The van der Waals surface area contributed by atoms with Crippen LogP contribution < -0.4 is 0 Å². The van der Waals surface area contributed by atoms with Crippen molar-refractivity contribution in [1.82, 2.24) is 9.80 Å². The Labute approximate surface area is 113 Å². The van der Waals surface area contributed by atoms with Crippen LogP contribution in [0.5, 0.6) is 0 Å². The molecular formula is C16H30N2. The predicted molar refractivity (Wildman–Crippen MR) is 76.6 cm³/mol. The van der Waals surface area contributed by atoms with Crippen molar-refractivity contribution in [3.05, 3.63) is 0 Å². The maximum absolute atomic E-state index is 2.87. The molecule has 0 aromatic heterocycles. The van der Waals surface area contributed by atoms with Gasteiger partial charge in [-0.3, -0.25) is 9.80 Å². The standard InChI is InChI=1S/C16H30N2/c1-2-3-4-8-14-13-15-9-5-6-11-17(15)16-10-7-12-18(14)16/h14-16H,2-13H2,1H3. The van der Waals surface area contributed by atoms with Crippen LogP contribution in [0.3, 0.4) is 0 Å². The third kappa shape index (κ3) is 2.46. The van der Waals surface area contributed by atoms with Crippen molar-refractivity contribution in [3.63, 3.8) is 0 Å². The van der Waals surface area contributed by atoms with Gasteiger partial charge in [0.2, 0.25) is 0 Å². The fourth-order valence-electron chi connectivity index (χ4n) is 4.58. The van der Waals surface area contributed by atoms with Gasteiger partial charge in [-0.05, 0) is 45.1 Å². The number of nitrogens with zero attached hydrogens (tertiary/aromatic N) is 2. The second-order valence-corrected chi connectivity index (χ2v) is 6.63. The van der Waals surface area contributed by atoms with Gasteiger partial charge < -0.3 is 0 Å². The molecule has 2 heteroatoms. The Morgan fingerprint density at radius 2 is 1.83 bits per heavy atom. The van der Waals surface area contributed by atoms with Crippen LogP contribution in [0.25, 0.3) is 0 Å². The lowest BCUT2D eigenvalue weighted by Crippen LogP contribution is -2.60. The van der Waals surface area contributed by atoms with E-state index in [0.29, 0.717) is 0 Å². The summed E-state index contributed by atoms with van der Waals surface area (Å²) in [6.07, 6.45) is 15.3. The number of hydrogen-bond donors (Lipinski definition) is 0. The van der Waals surface area contributed by atoms with E-state index in [2.05, 4.69) is 16.7 Å². The van der Waals surface area contributed by atoms with E-state index in [0.717, 1.165) is 18.2 Å². The molecule has 2 nitrogen and oxygen atoms in total. The quantitative estimate of drug-likeness (QED) is 0.703. The van der Waals surface area contributed by atoms with Gasteiger partial charge in [0.1, 0.15) is 0 Å². The molecule has 3 unspecified atom stereocenters. The first-order valence-electron chi connectivity index (χ1n) is 8.41. The van der Waals surface area contributed by atoms with E-state index in [-0.39, 0.29) is 0 Å². The largest absolute Gasteiger partial charge is 0.285 e. The van der Waals surface area contributed by atoms with Gasteiger partial charge in [0.25, 0.3) is 0 Å². The summed E-state index contributed by atoms with van der Waals surface area (Å²) in [6, 6.07) is 1.85. The number of unbranched alkanes of at least 4 members (excludes halogenated alkanes) is 2. The lowest BCUT2D eigenvalue weighted by atomic mass is 9.89. The smallest absolute Gasteiger partial charge is 0.0627 e. The van der Waals surface area contributed by atoms with Crippen LogP contribution in [-0.2, 0) is 0 Å². The monoisotopic (exact) mass is 250 g/mol. The highest BCUT2D eigenvalue weighted by molar-refractivity contribution is 4.96. The number of rotatable bonds is 4. The minimum Gasteiger partial charge on any atom is -0.285 e. The van der Waals surface area contributed by atoms with Crippen molar-refractivity contribution in [2.24, 2.45) is 0 Å². The summed E-state index contributed by atoms with van der Waals surface area (Å²) >= 11 is 0. The van der Waals surface area contributed by atoms with E-state index in [1.54, 1.807) is 0 Å². The van der Waals surface area contributed by atoms with Gasteiger partial charge in [0, 0.05) is 18.6 Å². The summed E-state index contributed by atoms with van der Waals surface area (Å²) in [4.78, 5) is 5.74. The van der Waals surface area contributed by atoms with Crippen LogP contribution >= 0.6 is 0 Å². The molecule has 0 N–H and O–H groups in total. The highest BCUT2D eigenvalue weighted by Crippen LogP contribution is 2.38. The van der Waals surface area contributed by atoms with Gasteiger partial charge in [-0.1, -0.05) is 32.6 Å². The molecule has 0 radical (unpaired) electrons. The normalized spacial score (nSPS) is 37.5. The maximum Gasteiger partial charge on any atom is 0.0627 e. The first-order valence-corrected chi connectivity index (χ1v) is 8.41. The summed E-state index contributed by atoms with van der Waals surface area (Å²) in [5.74, 6) is 0. The molecule has 3 rings (SSSR count). The zero-order chi connectivity index (χ0) is 12.4. The molecular weight excluding hydrogens is 220 g/mol.